The molecule has 0 spiro atoms. The van der Waals surface area contributed by atoms with Gasteiger partial charge < -0.3 is 10.5 Å². The van der Waals surface area contributed by atoms with E-state index < -0.39 is 0 Å². The molecule has 1 aliphatic rings. The average Bonchev–Trinajstić information content (AvgIpc) is 3.35. The second-order valence-electron chi connectivity index (χ2n) is 8.54. The molecule has 2 N–H and O–H groups in total. The number of rotatable bonds is 9. The summed E-state index contributed by atoms with van der Waals surface area (Å²) in [6, 6.07) is 8.71. The maximum absolute atomic E-state index is 6.20. The van der Waals surface area contributed by atoms with E-state index in [-0.39, 0.29) is 17.1 Å². The zero-order valence-corrected chi connectivity index (χ0v) is 18.6. The molecule has 0 aliphatic carbocycles. The maximum atomic E-state index is 6.20. The topological polar surface area (TPSA) is 51.4 Å². The third-order valence-electron chi connectivity index (χ3n) is 6.51. The van der Waals surface area contributed by atoms with Crippen LogP contribution in [0.25, 0.3) is 0 Å². The first kappa shape index (κ1) is 21.4. The summed E-state index contributed by atoms with van der Waals surface area (Å²) in [5.74, 6) is 0. The van der Waals surface area contributed by atoms with Crippen LogP contribution in [0.5, 0.6) is 0 Å². The van der Waals surface area contributed by atoms with E-state index in [9.17, 15) is 0 Å². The number of ether oxygens (including phenoxy) is 1. The molecule has 1 aliphatic heterocycles. The van der Waals surface area contributed by atoms with Crippen molar-refractivity contribution in [3.63, 3.8) is 0 Å². The molecule has 0 aromatic carbocycles. The zero-order chi connectivity index (χ0) is 20.2. The Morgan fingerprint density at radius 3 is 2.79 bits per heavy atom. The lowest BCUT2D eigenvalue weighted by molar-refractivity contribution is -0.0349. The maximum Gasteiger partial charge on any atom is 0.0766 e. The first-order valence-electron chi connectivity index (χ1n) is 10.4. The number of hydrogen-bond donors (Lipinski definition) is 1. The highest BCUT2D eigenvalue weighted by molar-refractivity contribution is 7.09. The summed E-state index contributed by atoms with van der Waals surface area (Å²) < 4.78 is 6.17. The molecule has 5 heteroatoms. The number of thiophene rings is 1. The Balaban J connectivity index is 1.82. The molecule has 1 saturated heterocycles. The van der Waals surface area contributed by atoms with Gasteiger partial charge in [0.25, 0.3) is 0 Å². The highest BCUT2D eigenvalue weighted by atomic mass is 32.1. The van der Waals surface area contributed by atoms with Crippen LogP contribution in [-0.2, 0) is 16.7 Å². The van der Waals surface area contributed by atoms with E-state index in [0.717, 1.165) is 38.0 Å². The monoisotopic (exact) mass is 401 g/mol. The number of hydrogen-bond acceptors (Lipinski definition) is 5. The fourth-order valence-electron chi connectivity index (χ4n) is 4.54. The smallest absolute Gasteiger partial charge is 0.0766 e. The van der Waals surface area contributed by atoms with E-state index in [1.807, 2.05) is 24.5 Å². The van der Waals surface area contributed by atoms with Crippen molar-refractivity contribution in [1.82, 2.24) is 9.88 Å². The largest absolute Gasteiger partial charge is 0.377 e. The predicted octanol–water partition coefficient (Wildman–Crippen LogP) is 4.38. The normalized spacial score (nSPS) is 21.9. The molecule has 154 valence electrons. The molecule has 3 heterocycles. The molecule has 2 aromatic rings. The molecule has 0 amide bonds. The van der Waals surface area contributed by atoms with Gasteiger partial charge in [0.05, 0.1) is 6.10 Å². The Hall–Kier alpha value is -1.27. The molecule has 0 bridgehead atoms. The lowest BCUT2D eigenvalue weighted by Gasteiger charge is -2.41. The average molecular weight is 402 g/mol. The highest BCUT2D eigenvalue weighted by Gasteiger charge is 2.47. The van der Waals surface area contributed by atoms with E-state index >= 15 is 0 Å². The minimum Gasteiger partial charge on any atom is -0.377 e. The molecule has 0 radical (unpaired) electrons. The summed E-state index contributed by atoms with van der Waals surface area (Å²) in [5, 5.41) is 2.17. The Morgan fingerprint density at radius 1 is 1.36 bits per heavy atom. The van der Waals surface area contributed by atoms with E-state index in [0.29, 0.717) is 13.2 Å². The molecule has 0 saturated carbocycles. The van der Waals surface area contributed by atoms with Crippen molar-refractivity contribution < 1.29 is 4.74 Å². The van der Waals surface area contributed by atoms with Crippen molar-refractivity contribution in [2.24, 2.45) is 11.1 Å². The van der Waals surface area contributed by atoms with Gasteiger partial charge in [0, 0.05) is 47.4 Å². The molecule has 2 aromatic heterocycles. The van der Waals surface area contributed by atoms with E-state index in [1.165, 1.54) is 10.4 Å². The highest BCUT2D eigenvalue weighted by Crippen LogP contribution is 2.44. The molecule has 3 rings (SSSR count). The lowest BCUT2D eigenvalue weighted by Crippen LogP contribution is -2.47. The van der Waals surface area contributed by atoms with E-state index in [2.05, 4.69) is 60.3 Å². The Bertz CT molecular complexity index is 729. The van der Waals surface area contributed by atoms with Crippen LogP contribution in [0, 0.1) is 12.3 Å². The predicted molar refractivity (Wildman–Crippen MR) is 118 cm³/mol. The number of pyridine rings is 1. The van der Waals surface area contributed by atoms with Crippen molar-refractivity contribution >= 4 is 11.3 Å². The summed E-state index contributed by atoms with van der Waals surface area (Å²) in [6.45, 7) is 12.1. The third kappa shape index (κ3) is 4.48. The SMILES string of the molecule is CCO[C@@H](CN)C1(CCc2cccs2)CCN(C(C)(C)c2ccc(C)nc2)C1. The van der Waals surface area contributed by atoms with Crippen molar-refractivity contribution in [3.05, 3.63) is 52.0 Å². The van der Waals surface area contributed by atoms with Crippen LogP contribution in [0.1, 0.15) is 49.7 Å². The second kappa shape index (κ2) is 9.04. The number of nitrogens with zero attached hydrogens (tertiary/aromatic N) is 2. The lowest BCUT2D eigenvalue weighted by atomic mass is 9.76. The minimum atomic E-state index is -0.0588. The van der Waals surface area contributed by atoms with Gasteiger partial charge in [-0.1, -0.05) is 12.1 Å². The number of aryl methyl sites for hydroxylation is 2. The minimum absolute atomic E-state index is 0.0588. The van der Waals surface area contributed by atoms with E-state index in [1.54, 1.807) is 0 Å². The van der Waals surface area contributed by atoms with Crippen molar-refractivity contribution in [2.45, 2.75) is 58.6 Å². The van der Waals surface area contributed by atoms with E-state index in [4.69, 9.17) is 10.5 Å². The van der Waals surface area contributed by atoms with Crippen LogP contribution in [0.15, 0.2) is 35.8 Å². The van der Waals surface area contributed by atoms with Crippen molar-refractivity contribution in [3.8, 4) is 0 Å². The van der Waals surface area contributed by atoms with Crippen molar-refractivity contribution in [1.29, 1.82) is 0 Å². The molecule has 28 heavy (non-hydrogen) atoms. The van der Waals surface area contributed by atoms with Gasteiger partial charge in [-0.05, 0) is 76.6 Å². The number of likely N-dealkylation sites (tertiary alicyclic amines) is 1. The van der Waals surface area contributed by atoms with Gasteiger partial charge in [-0.2, -0.15) is 0 Å². The van der Waals surface area contributed by atoms with Gasteiger partial charge in [-0.3, -0.25) is 9.88 Å². The van der Waals surface area contributed by atoms with Crippen LogP contribution in [0.2, 0.25) is 0 Å². The Kier molecular flexibility index (Phi) is 6.92. The van der Waals surface area contributed by atoms with Crippen LogP contribution in [-0.4, -0.2) is 42.2 Å². The molecular weight excluding hydrogens is 366 g/mol. The third-order valence-corrected chi connectivity index (χ3v) is 7.44. The second-order valence-corrected chi connectivity index (χ2v) is 9.57. The van der Waals surface area contributed by atoms with Gasteiger partial charge in [0.2, 0.25) is 0 Å². The van der Waals surface area contributed by atoms with Crippen LogP contribution in [0.4, 0.5) is 0 Å². The summed E-state index contributed by atoms with van der Waals surface area (Å²) in [4.78, 5) is 8.59. The summed E-state index contributed by atoms with van der Waals surface area (Å²) in [5.41, 5.74) is 8.58. The molecular formula is C23H35N3OS. The molecule has 4 nitrogen and oxygen atoms in total. The van der Waals surface area contributed by atoms with Crippen LogP contribution >= 0.6 is 11.3 Å². The van der Waals surface area contributed by atoms with Gasteiger partial charge >= 0.3 is 0 Å². The Morgan fingerprint density at radius 2 is 2.18 bits per heavy atom. The molecule has 2 atom stereocenters. The summed E-state index contributed by atoms with van der Waals surface area (Å²) >= 11 is 1.85. The molecule has 1 unspecified atom stereocenters. The van der Waals surface area contributed by atoms with Crippen molar-refractivity contribution in [2.75, 3.05) is 26.2 Å². The first-order chi connectivity index (χ1) is 13.4. The van der Waals surface area contributed by atoms with Gasteiger partial charge in [0.1, 0.15) is 0 Å². The standard InChI is InChI=1S/C23H35N3OS/c1-5-27-21(15-24)23(11-10-20-7-6-14-28-20)12-13-26(17-23)22(3,4)19-9-8-18(2)25-16-19/h6-9,14,16,21H,5,10-13,15,17,24H2,1-4H3/t21-,23?/m0/s1. The summed E-state index contributed by atoms with van der Waals surface area (Å²) in [7, 11) is 0. The zero-order valence-electron chi connectivity index (χ0n) is 17.8. The quantitative estimate of drug-likeness (QED) is 0.678. The fraction of sp³-hybridized carbons (Fsp3) is 0.609. The fourth-order valence-corrected chi connectivity index (χ4v) is 5.25. The summed E-state index contributed by atoms with van der Waals surface area (Å²) in [6.07, 6.45) is 5.48. The Labute approximate surface area is 174 Å². The molecule has 1 fully saturated rings. The van der Waals surface area contributed by atoms with Crippen LogP contribution in [0.3, 0.4) is 0 Å². The van der Waals surface area contributed by atoms with Gasteiger partial charge in [-0.25, -0.2) is 0 Å². The number of aromatic nitrogens is 1. The first-order valence-corrected chi connectivity index (χ1v) is 11.3. The van der Waals surface area contributed by atoms with Gasteiger partial charge in [-0.15, -0.1) is 11.3 Å². The number of nitrogens with two attached hydrogens (primary N) is 1. The van der Waals surface area contributed by atoms with Crippen LogP contribution < -0.4 is 5.73 Å². The van der Waals surface area contributed by atoms with Gasteiger partial charge in [0.15, 0.2) is 0 Å².